The third-order valence-electron chi connectivity index (χ3n) is 7.33. The van der Waals surface area contributed by atoms with Crippen LogP contribution in [0.2, 0.25) is 0 Å². The van der Waals surface area contributed by atoms with Gasteiger partial charge in [-0.05, 0) is 62.0 Å². The smallest absolute Gasteiger partial charge is 0.455 e. The molecule has 0 unspecified atom stereocenters. The van der Waals surface area contributed by atoms with Gasteiger partial charge in [-0.25, -0.2) is 0 Å². The van der Waals surface area contributed by atoms with Gasteiger partial charge in [0, 0.05) is 16.3 Å². The van der Waals surface area contributed by atoms with Crippen LogP contribution < -0.4 is 5.46 Å². The van der Waals surface area contributed by atoms with Crippen molar-refractivity contribution in [1.29, 1.82) is 0 Å². The van der Waals surface area contributed by atoms with Crippen LogP contribution in [0.1, 0.15) is 27.7 Å². The van der Waals surface area contributed by atoms with E-state index in [-0.39, 0.29) is 18.3 Å². The molecule has 34 heavy (non-hydrogen) atoms. The minimum atomic E-state index is -0.381. The quantitative estimate of drug-likeness (QED) is 0.274. The molecule has 0 N–H and O–H groups in total. The molecule has 0 atom stereocenters. The molecule has 4 heteroatoms. The molecule has 1 aromatic heterocycles. The Bertz CT molecular complexity index is 1500. The lowest BCUT2D eigenvalue weighted by Crippen LogP contribution is -2.41. The first-order chi connectivity index (χ1) is 16.3. The predicted octanol–water partition coefficient (Wildman–Crippen LogP) is 7.22. The largest absolute Gasteiger partial charge is 0.494 e. The van der Waals surface area contributed by atoms with Crippen LogP contribution in [0.25, 0.3) is 44.2 Å². The molecule has 2 heterocycles. The van der Waals surface area contributed by atoms with Crippen LogP contribution in [0.3, 0.4) is 0 Å². The molecule has 168 valence electrons. The summed E-state index contributed by atoms with van der Waals surface area (Å²) in [7, 11) is -0.381. The van der Waals surface area contributed by atoms with E-state index in [9.17, 15) is 0 Å². The SMILES string of the molecule is CC1(C)OB(c2cccc(-c3ccc4c(c3)oc3c(-c5ccccc5)cccc34)c2)OC1(C)C. The Hall–Kier alpha value is -3.34. The third kappa shape index (κ3) is 3.37. The lowest BCUT2D eigenvalue weighted by molar-refractivity contribution is 0.00578. The van der Waals surface area contributed by atoms with Crippen molar-refractivity contribution >= 4 is 34.5 Å². The Labute approximate surface area is 200 Å². The number of fused-ring (bicyclic) bond motifs is 3. The van der Waals surface area contributed by atoms with Gasteiger partial charge >= 0.3 is 7.12 Å². The average molecular weight is 446 g/mol. The summed E-state index contributed by atoms with van der Waals surface area (Å²) >= 11 is 0. The second-order valence-corrected chi connectivity index (χ2v) is 10.1. The van der Waals surface area contributed by atoms with Gasteiger partial charge in [0.05, 0.1) is 11.2 Å². The maximum Gasteiger partial charge on any atom is 0.494 e. The number of hydrogen-bond donors (Lipinski definition) is 0. The molecule has 1 saturated heterocycles. The minimum Gasteiger partial charge on any atom is -0.455 e. The van der Waals surface area contributed by atoms with E-state index in [4.69, 9.17) is 13.7 Å². The monoisotopic (exact) mass is 446 g/mol. The van der Waals surface area contributed by atoms with Gasteiger partial charge in [-0.2, -0.15) is 0 Å². The third-order valence-corrected chi connectivity index (χ3v) is 7.33. The van der Waals surface area contributed by atoms with Crippen molar-refractivity contribution in [2.24, 2.45) is 0 Å². The molecular weight excluding hydrogens is 419 g/mol. The predicted molar refractivity (Wildman–Crippen MR) is 140 cm³/mol. The van der Waals surface area contributed by atoms with Crippen molar-refractivity contribution in [3.8, 4) is 22.3 Å². The van der Waals surface area contributed by atoms with Crippen molar-refractivity contribution in [2.75, 3.05) is 0 Å². The van der Waals surface area contributed by atoms with Crippen molar-refractivity contribution < 1.29 is 13.7 Å². The van der Waals surface area contributed by atoms with Crippen molar-refractivity contribution in [2.45, 2.75) is 38.9 Å². The van der Waals surface area contributed by atoms with E-state index in [0.717, 1.165) is 49.7 Å². The van der Waals surface area contributed by atoms with Gasteiger partial charge in [0.25, 0.3) is 0 Å². The average Bonchev–Trinajstić information content (AvgIpc) is 3.32. The summed E-state index contributed by atoms with van der Waals surface area (Å²) in [6, 6.07) is 31.6. The summed E-state index contributed by atoms with van der Waals surface area (Å²) in [5.41, 5.74) is 6.58. The van der Waals surface area contributed by atoms with Gasteiger partial charge in [0.15, 0.2) is 0 Å². The molecule has 6 rings (SSSR count). The van der Waals surface area contributed by atoms with Crippen LogP contribution in [0.5, 0.6) is 0 Å². The summed E-state index contributed by atoms with van der Waals surface area (Å²) < 4.78 is 19.0. The van der Waals surface area contributed by atoms with Crippen LogP contribution >= 0.6 is 0 Å². The van der Waals surface area contributed by atoms with Crippen LogP contribution in [0, 0.1) is 0 Å². The molecule has 0 radical (unpaired) electrons. The molecule has 0 aliphatic carbocycles. The second kappa shape index (κ2) is 7.59. The molecular formula is C30H27BO3. The van der Waals surface area contributed by atoms with Crippen LogP contribution in [0.15, 0.2) is 95.4 Å². The van der Waals surface area contributed by atoms with Crippen molar-refractivity contribution in [3.63, 3.8) is 0 Å². The lowest BCUT2D eigenvalue weighted by Gasteiger charge is -2.32. The number of hydrogen-bond acceptors (Lipinski definition) is 3. The fourth-order valence-electron chi connectivity index (χ4n) is 4.67. The zero-order chi connectivity index (χ0) is 23.5. The van der Waals surface area contributed by atoms with E-state index in [1.54, 1.807) is 0 Å². The molecule has 1 aliphatic rings. The maximum atomic E-state index is 6.44. The van der Waals surface area contributed by atoms with Gasteiger partial charge in [0.2, 0.25) is 0 Å². The normalized spacial score (nSPS) is 17.0. The number of benzene rings is 4. The maximum absolute atomic E-state index is 6.44. The van der Waals surface area contributed by atoms with E-state index in [2.05, 4.69) is 113 Å². The summed E-state index contributed by atoms with van der Waals surface area (Å²) in [5.74, 6) is 0. The van der Waals surface area contributed by atoms with E-state index in [1.165, 1.54) is 0 Å². The standard InChI is InChI=1S/C30H27BO3/c1-29(2)30(3,4)34-31(33-29)23-13-8-12-21(18-23)22-16-17-25-26-15-9-14-24(20-10-6-5-7-11-20)28(26)32-27(25)19-22/h5-19H,1-4H3. The van der Waals surface area contributed by atoms with Gasteiger partial charge < -0.3 is 13.7 Å². The van der Waals surface area contributed by atoms with E-state index in [1.807, 2.05) is 6.07 Å². The van der Waals surface area contributed by atoms with Gasteiger partial charge in [-0.3, -0.25) is 0 Å². The molecule has 5 aromatic rings. The molecule has 1 fully saturated rings. The van der Waals surface area contributed by atoms with E-state index in [0.29, 0.717) is 0 Å². The first-order valence-electron chi connectivity index (χ1n) is 11.8. The summed E-state index contributed by atoms with van der Waals surface area (Å²) in [4.78, 5) is 0. The Balaban J connectivity index is 1.41. The minimum absolute atomic E-state index is 0.364. The first kappa shape index (κ1) is 21.2. The van der Waals surface area contributed by atoms with Gasteiger partial charge in [-0.15, -0.1) is 0 Å². The molecule has 0 spiro atoms. The van der Waals surface area contributed by atoms with Gasteiger partial charge in [0.1, 0.15) is 11.2 Å². The second-order valence-electron chi connectivity index (χ2n) is 10.1. The Morgan fingerprint density at radius 2 is 1.26 bits per heavy atom. The lowest BCUT2D eigenvalue weighted by atomic mass is 9.78. The van der Waals surface area contributed by atoms with Crippen LogP contribution in [0.4, 0.5) is 0 Å². The zero-order valence-corrected chi connectivity index (χ0v) is 20.0. The van der Waals surface area contributed by atoms with E-state index < -0.39 is 0 Å². The first-order valence-corrected chi connectivity index (χ1v) is 11.8. The number of furan rings is 1. The fraction of sp³-hybridized carbons (Fsp3) is 0.200. The van der Waals surface area contributed by atoms with Crippen molar-refractivity contribution in [1.82, 2.24) is 0 Å². The highest BCUT2D eigenvalue weighted by Crippen LogP contribution is 2.38. The van der Waals surface area contributed by atoms with Gasteiger partial charge in [-0.1, -0.05) is 78.9 Å². The Morgan fingerprint density at radius 1 is 0.588 bits per heavy atom. The van der Waals surface area contributed by atoms with Crippen molar-refractivity contribution in [3.05, 3.63) is 91.0 Å². The highest BCUT2D eigenvalue weighted by atomic mass is 16.7. The summed E-state index contributed by atoms with van der Waals surface area (Å²) in [6.07, 6.45) is 0. The molecule has 0 amide bonds. The molecule has 0 bridgehead atoms. The Kier molecular flexibility index (Phi) is 4.74. The summed E-state index contributed by atoms with van der Waals surface area (Å²) in [5, 5.41) is 2.26. The molecule has 1 aliphatic heterocycles. The number of rotatable bonds is 3. The molecule has 4 aromatic carbocycles. The van der Waals surface area contributed by atoms with E-state index >= 15 is 0 Å². The molecule has 3 nitrogen and oxygen atoms in total. The van der Waals surface area contributed by atoms with Crippen LogP contribution in [-0.2, 0) is 9.31 Å². The number of para-hydroxylation sites is 1. The summed E-state index contributed by atoms with van der Waals surface area (Å²) in [6.45, 7) is 8.32. The highest BCUT2D eigenvalue weighted by Gasteiger charge is 2.51. The molecule has 0 saturated carbocycles. The zero-order valence-electron chi connectivity index (χ0n) is 20.0. The fourth-order valence-corrected chi connectivity index (χ4v) is 4.67. The Morgan fingerprint density at radius 3 is 2.03 bits per heavy atom. The highest BCUT2D eigenvalue weighted by molar-refractivity contribution is 6.62. The van der Waals surface area contributed by atoms with Crippen LogP contribution in [-0.4, -0.2) is 18.3 Å². The topological polar surface area (TPSA) is 31.6 Å².